The lowest BCUT2D eigenvalue weighted by Gasteiger charge is -2.29. The first-order valence-corrected chi connectivity index (χ1v) is 7.88. The quantitative estimate of drug-likeness (QED) is 0.835. The lowest BCUT2D eigenvalue weighted by molar-refractivity contribution is 0.109. The summed E-state index contributed by atoms with van der Waals surface area (Å²) in [5.41, 5.74) is 0.917. The SMILES string of the molecule is CCN1CCCC1CN(C)CC(O)c1cccc(OC)c1. The van der Waals surface area contributed by atoms with E-state index < -0.39 is 6.10 Å². The van der Waals surface area contributed by atoms with Gasteiger partial charge in [-0.3, -0.25) is 4.90 Å². The number of rotatable bonds is 7. The molecule has 1 fully saturated rings. The number of aliphatic hydroxyl groups is 1. The van der Waals surface area contributed by atoms with Crippen LogP contribution in [0, 0.1) is 0 Å². The molecular weight excluding hydrogens is 264 g/mol. The Kier molecular flexibility index (Phi) is 6.03. The number of benzene rings is 1. The van der Waals surface area contributed by atoms with E-state index in [4.69, 9.17) is 4.74 Å². The van der Waals surface area contributed by atoms with Crippen molar-refractivity contribution >= 4 is 0 Å². The molecule has 0 aromatic heterocycles. The van der Waals surface area contributed by atoms with Gasteiger partial charge in [0.25, 0.3) is 0 Å². The van der Waals surface area contributed by atoms with E-state index in [0.717, 1.165) is 24.4 Å². The van der Waals surface area contributed by atoms with Gasteiger partial charge in [0, 0.05) is 19.1 Å². The number of aliphatic hydroxyl groups excluding tert-OH is 1. The standard InChI is InChI=1S/C17H28N2O2/c1-4-19-10-6-8-15(19)12-18(2)13-17(20)14-7-5-9-16(11-14)21-3/h5,7,9,11,15,17,20H,4,6,8,10,12-13H2,1-3H3. The van der Waals surface area contributed by atoms with Crippen LogP contribution in [0.5, 0.6) is 5.75 Å². The minimum atomic E-state index is -0.471. The van der Waals surface area contributed by atoms with Gasteiger partial charge in [0.2, 0.25) is 0 Å². The van der Waals surface area contributed by atoms with Crippen LogP contribution in [0.3, 0.4) is 0 Å². The van der Waals surface area contributed by atoms with Crippen LogP contribution in [0.4, 0.5) is 0 Å². The van der Waals surface area contributed by atoms with Crippen molar-refractivity contribution in [2.75, 3.05) is 40.3 Å². The summed E-state index contributed by atoms with van der Waals surface area (Å²) in [6.45, 7) is 6.24. The van der Waals surface area contributed by atoms with Crippen LogP contribution in [0.2, 0.25) is 0 Å². The fourth-order valence-corrected chi connectivity index (χ4v) is 3.20. The van der Waals surface area contributed by atoms with Gasteiger partial charge in [0.05, 0.1) is 13.2 Å². The van der Waals surface area contributed by atoms with E-state index in [1.807, 2.05) is 24.3 Å². The normalized spacial score (nSPS) is 20.9. The van der Waals surface area contributed by atoms with Crippen LogP contribution in [0.15, 0.2) is 24.3 Å². The summed E-state index contributed by atoms with van der Waals surface area (Å²) in [5, 5.41) is 10.4. The molecule has 1 heterocycles. The van der Waals surface area contributed by atoms with Gasteiger partial charge in [-0.1, -0.05) is 19.1 Å². The van der Waals surface area contributed by atoms with Gasteiger partial charge in [-0.25, -0.2) is 0 Å². The maximum atomic E-state index is 10.4. The average Bonchev–Trinajstić information content (AvgIpc) is 2.94. The largest absolute Gasteiger partial charge is 0.497 e. The number of hydrogen-bond donors (Lipinski definition) is 1. The van der Waals surface area contributed by atoms with Crippen LogP contribution in [-0.2, 0) is 0 Å². The molecule has 4 nitrogen and oxygen atoms in total. The maximum absolute atomic E-state index is 10.4. The number of nitrogens with zero attached hydrogens (tertiary/aromatic N) is 2. The summed E-state index contributed by atoms with van der Waals surface area (Å²) in [6, 6.07) is 8.32. The molecule has 21 heavy (non-hydrogen) atoms. The lowest BCUT2D eigenvalue weighted by Crippen LogP contribution is -2.40. The molecule has 1 aromatic carbocycles. The zero-order valence-electron chi connectivity index (χ0n) is 13.5. The van der Waals surface area contributed by atoms with Gasteiger partial charge in [0.15, 0.2) is 0 Å². The smallest absolute Gasteiger partial charge is 0.119 e. The summed E-state index contributed by atoms with van der Waals surface area (Å²) in [6.07, 6.45) is 2.10. The van der Waals surface area contributed by atoms with Crippen molar-refractivity contribution in [3.8, 4) is 5.75 Å². The summed E-state index contributed by atoms with van der Waals surface area (Å²) in [5.74, 6) is 0.794. The van der Waals surface area contributed by atoms with Crippen molar-refractivity contribution in [2.45, 2.75) is 31.9 Å². The highest BCUT2D eigenvalue weighted by atomic mass is 16.5. The van der Waals surface area contributed by atoms with E-state index >= 15 is 0 Å². The first-order chi connectivity index (χ1) is 10.1. The Hall–Kier alpha value is -1.10. The van der Waals surface area contributed by atoms with E-state index in [2.05, 4.69) is 23.8 Å². The molecule has 4 heteroatoms. The third-order valence-electron chi connectivity index (χ3n) is 4.39. The maximum Gasteiger partial charge on any atom is 0.119 e. The second kappa shape index (κ2) is 7.78. The Morgan fingerprint density at radius 1 is 1.48 bits per heavy atom. The molecule has 118 valence electrons. The summed E-state index contributed by atoms with van der Waals surface area (Å²) >= 11 is 0. The molecule has 2 atom stereocenters. The molecule has 0 aliphatic carbocycles. The van der Waals surface area contributed by atoms with Crippen molar-refractivity contribution in [1.82, 2.24) is 9.80 Å². The zero-order valence-corrected chi connectivity index (χ0v) is 13.5. The zero-order chi connectivity index (χ0) is 15.2. The Labute approximate surface area is 128 Å². The number of likely N-dealkylation sites (tertiary alicyclic amines) is 1. The fraction of sp³-hybridized carbons (Fsp3) is 0.647. The second-order valence-corrected chi connectivity index (χ2v) is 5.94. The predicted molar refractivity (Wildman–Crippen MR) is 85.7 cm³/mol. The highest BCUT2D eigenvalue weighted by molar-refractivity contribution is 5.29. The van der Waals surface area contributed by atoms with Gasteiger partial charge < -0.3 is 14.7 Å². The third-order valence-corrected chi connectivity index (χ3v) is 4.39. The highest BCUT2D eigenvalue weighted by Crippen LogP contribution is 2.21. The third kappa shape index (κ3) is 4.43. The molecular formula is C17H28N2O2. The van der Waals surface area contributed by atoms with Crippen LogP contribution < -0.4 is 4.74 Å². The molecule has 0 bridgehead atoms. The number of hydrogen-bond acceptors (Lipinski definition) is 4. The number of likely N-dealkylation sites (N-methyl/N-ethyl adjacent to an activating group) is 2. The van der Waals surface area contributed by atoms with Crippen LogP contribution in [0.25, 0.3) is 0 Å². The van der Waals surface area contributed by atoms with Gasteiger partial charge in [0.1, 0.15) is 5.75 Å². The summed E-state index contributed by atoms with van der Waals surface area (Å²) in [4.78, 5) is 4.78. The molecule has 0 spiro atoms. The van der Waals surface area contributed by atoms with Crippen molar-refractivity contribution < 1.29 is 9.84 Å². The van der Waals surface area contributed by atoms with Crippen molar-refractivity contribution in [2.24, 2.45) is 0 Å². The van der Waals surface area contributed by atoms with Crippen LogP contribution in [0.1, 0.15) is 31.4 Å². The minimum absolute atomic E-state index is 0.471. The van der Waals surface area contributed by atoms with E-state index in [0.29, 0.717) is 12.6 Å². The summed E-state index contributed by atoms with van der Waals surface area (Å²) in [7, 11) is 3.74. The van der Waals surface area contributed by atoms with Crippen LogP contribution >= 0.6 is 0 Å². The first kappa shape index (κ1) is 16.3. The van der Waals surface area contributed by atoms with Gasteiger partial charge in [-0.15, -0.1) is 0 Å². The van der Waals surface area contributed by atoms with E-state index in [1.165, 1.54) is 19.4 Å². The molecule has 1 aliphatic heterocycles. The van der Waals surface area contributed by atoms with Crippen LogP contribution in [-0.4, -0.2) is 61.3 Å². The first-order valence-electron chi connectivity index (χ1n) is 7.88. The summed E-state index contributed by atoms with van der Waals surface area (Å²) < 4.78 is 5.21. The fourth-order valence-electron chi connectivity index (χ4n) is 3.20. The Bertz CT molecular complexity index is 439. The Morgan fingerprint density at radius 3 is 3.00 bits per heavy atom. The van der Waals surface area contributed by atoms with Gasteiger partial charge in [-0.2, -0.15) is 0 Å². The Balaban J connectivity index is 1.87. The molecule has 1 aliphatic rings. The molecule has 1 N–H and O–H groups in total. The lowest BCUT2D eigenvalue weighted by atomic mass is 10.1. The molecule has 0 saturated carbocycles. The van der Waals surface area contributed by atoms with Crippen molar-refractivity contribution in [3.63, 3.8) is 0 Å². The van der Waals surface area contributed by atoms with E-state index in [-0.39, 0.29) is 0 Å². The topological polar surface area (TPSA) is 35.9 Å². The monoisotopic (exact) mass is 292 g/mol. The minimum Gasteiger partial charge on any atom is -0.497 e. The molecule has 1 saturated heterocycles. The Morgan fingerprint density at radius 2 is 2.29 bits per heavy atom. The van der Waals surface area contributed by atoms with Gasteiger partial charge in [-0.05, 0) is 50.7 Å². The van der Waals surface area contributed by atoms with E-state index in [1.54, 1.807) is 7.11 Å². The van der Waals surface area contributed by atoms with E-state index in [9.17, 15) is 5.11 Å². The molecule has 1 aromatic rings. The molecule has 0 radical (unpaired) electrons. The highest BCUT2D eigenvalue weighted by Gasteiger charge is 2.24. The predicted octanol–water partition coefficient (Wildman–Crippen LogP) is 2.14. The average molecular weight is 292 g/mol. The van der Waals surface area contributed by atoms with Gasteiger partial charge >= 0.3 is 0 Å². The van der Waals surface area contributed by atoms with Crippen molar-refractivity contribution in [3.05, 3.63) is 29.8 Å². The second-order valence-electron chi connectivity index (χ2n) is 5.94. The number of ether oxygens (including phenoxy) is 1. The molecule has 2 unspecified atom stereocenters. The molecule has 0 amide bonds. The number of methoxy groups -OCH3 is 1. The van der Waals surface area contributed by atoms with Crippen molar-refractivity contribution in [1.29, 1.82) is 0 Å². The molecule has 2 rings (SSSR count).